The molecule has 2 amide bonds. The van der Waals surface area contributed by atoms with Crippen molar-refractivity contribution in [3.05, 3.63) is 71.7 Å². The molecule has 156 valence electrons. The molecule has 3 aromatic rings. The highest BCUT2D eigenvalue weighted by Crippen LogP contribution is 2.24. The van der Waals surface area contributed by atoms with Crippen molar-refractivity contribution < 1.29 is 14.0 Å². The van der Waals surface area contributed by atoms with Crippen LogP contribution in [0.15, 0.2) is 54.6 Å². The molecule has 0 atom stereocenters. The van der Waals surface area contributed by atoms with Crippen LogP contribution in [0.25, 0.3) is 10.9 Å². The number of carbonyl (C=O) groups is 2. The van der Waals surface area contributed by atoms with Gasteiger partial charge in [0.15, 0.2) is 0 Å². The van der Waals surface area contributed by atoms with Gasteiger partial charge in [-0.2, -0.15) is 0 Å². The van der Waals surface area contributed by atoms with Crippen molar-refractivity contribution in [2.75, 3.05) is 13.1 Å². The number of nitrogens with zero attached hydrogens (tertiary/aromatic N) is 1. The van der Waals surface area contributed by atoms with Gasteiger partial charge in [-0.05, 0) is 31.0 Å². The van der Waals surface area contributed by atoms with Gasteiger partial charge >= 0.3 is 0 Å². The summed E-state index contributed by atoms with van der Waals surface area (Å²) in [4.78, 5) is 25.0. The van der Waals surface area contributed by atoms with E-state index in [0.717, 1.165) is 36.6 Å². The molecule has 5 nitrogen and oxygen atoms in total. The Morgan fingerprint density at radius 3 is 2.47 bits per heavy atom. The molecule has 6 heteroatoms. The van der Waals surface area contributed by atoms with Crippen LogP contribution < -0.4 is 10.6 Å². The Bertz CT molecular complexity index is 1050. The van der Waals surface area contributed by atoms with Gasteiger partial charge in [0.25, 0.3) is 5.91 Å². The van der Waals surface area contributed by atoms with Crippen LogP contribution >= 0.6 is 0 Å². The maximum atomic E-state index is 14.2. The third kappa shape index (κ3) is 4.37. The third-order valence-electron chi connectivity index (χ3n) is 5.77. The molecule has 4 rings (SSSR count). The average Bonchev–Trinajstić information content (AvgIpc) is 3.41. The summed E-state index contributed by atoms with van der Waals surface area (Å²) >= 11 is 0. The molecule has 0 bridgehead atoms. The Kier molecular flexibility index (Phi) is 6.12. The number of halogens is 1. The van der Waals surface area contributed by atoms with Crippen LogP contribution in [0.5, 0.6) is 0 Å². The number of aromatic nitrogens is 1. The zero-order valence-corrected chi connectivity index (χ0v) is 16.9. The lowest BCUT2D eigenvalue weighted by Crippen LogP contribution is -2.37. The summed E-state index contributed by atoms with van der Waals surface area (Å²) in [7, 11) is 0. The predicted octanol–water partition coefficient (Wildman–Crippen LogP) is 3.86. The highest BCUT2D eigenvalue weighted by molar-refractivity contribution is 5.98. The second-order valence-corrected chi connectivity index (χ2v) is 7.79. The van der Waals surface area contributed by atoms with Crippen molar-refractivity contribution in [3.63, 3.8) is 0 Å². The summed E-state index contributed by atoms with van der Waals surface area (Å²) in [5.74, 6) is -0.340. The maximum absolute atomic E-state index is 14.2. The second kappa shape index (κ2) is 9.11. The normalized spacial score (nSPS) is 14.2. The van der Waals surface area contributed by atoms with Crippen LogP contribution in [0, 0.1) is 11.7 Å². The first-order valence-corrected chi connectivity index (χ1v) is 10.5. The second-order valence-electron chi connectivity index (χ2n) is 7.79. The van der Waals surface area contributed by atoms with Crippen molar-refractivity contribution >= 4 is 22.7 Å². The van der Waals surface area contributed by atoms with Crippen LogP contribution in [0.1, 0.15) is 41.7 Å². The summed E-state index contributed by atoms with van der Waals surface area (Å²) in [6.07, 6.45) is 4.13. The number of fused-ring (bicyclic) bond motifs is 1. The number of benzene rings is 2. The quantitative estimate of drug-likeness (QED) is 0.584. The zero-order chi connectivity index (χ0) is 20.9. The lowest BCUT2D eigenvalue weighted by atomic mass is 10.1. The first-order chi connectivity index (χ1) is 14.6. The van der Waals surface area contributed by atoms with Gasteiger partial charge in [-0.1, -0.05) is 49.2 Å². The Labute approximate surface area is 175 Å². The molecule has 1 saturated carbocycles. The molecule has 0 unspecified atom stereocenters. The first kappa shape index (κ1) is 20.1. The van der Waals surface area contributed by atoms with Crippen molar-refractivity contribution in [3.8, 4) is 0 Å². The molecule has 0 aliphatic heterocycles. The summed E-state index contributed by atoms with van der Waals surface area (Å²) < 4.78 is 16.0. The molecule has 0 radical (unpaired) electrons. The summed E-state index contributed by atoms with van der Waals surface area (Å²) in [5.41, 5.74) is 1.87. The minimum absolute atomic E-state index is 0.0791. The van der Waals surface area contributed by atoms with E-state index in [9.17, 15) is 14.0 Å². The fraction of sp³-hybridized carbons (Fsp3) is 0.333. The van der Waals surface area contributed by atoms with Crippen LogP contribution in [0.3, 0.4) is 0 Å². The number of amides is 2. The summed E-state index contributed by atoms with van der Waals surface area (Å²) in [6, 6.07) is 16.1. The van der Waals surface area contributed by atoms with E-state index in [1.165, 1.54) is 6.07 Å². The SMILES string of the molecule is O=C(NCCNC(=O)C1CCCC1)c1cc2ccccc2n1Cc1ccccc1F. The molecular weight excluding hydrogens is 381 g/mol. The number of nitrogens with one attached hydrogen (secondary N) is 2. The van der Waals surface area contributed by atoms with Gasteiger partial charge in [0, 0.05) is 35.5 Å². The molecule has 1 fully saturated rings. The number of para-hydroxylation sites is 1. The lowest BCUT2D eigenvalue weighted by Gasteiger charge is -2.13. The number of rotatable bonds is 7. The van der Waals surface area contributed by atoms with Crippen LogP contribution in [0.4, 0.5) is 4.39 Å². The predicted molar refractivity (Wildman–Crippen MR) is 115 cm³/mol. The molecule has 1 aromatic heterocycles. The number of carbonyl (C=O) groups excluding carboxylic acids is 2. The molecule has 0 saturated heterocycles. The Morgan fingerprint density at radius 2 is 1.67 bits per heavy atom. The highest BCUT2D eigenvalue weighted by Gasteiger charge is 2.22. The summed E-state index contributed by atoms with van der Waals surface area (Å²) in [5, 5.41) is 6.71. The van der Waals surface area contributed by atoms with Gasteiger partial charge in [0.1, 0.15) is 11.5 Å². The van der Waals surface area contributed by atoms with Gasteiger partial charge in [-0.25, -0.2) is 4.39 Å². The van der Waals surface area contributed by atoms with Crippen molar-refractivity contribution in [2.24, 2.45) is 5.92 Å². The minimum atomic E-state index is -0.295. The molecule has 1 heterocycles. The molecule has 30 heavy (non-hydrogen) atoms. The van der Waals surface area contributed by atoms with E-state index in [2.05, 4.69) is 10.6 Å². The number of hydrogen-bond donors (Lipinski definition) is 2. The van der Waals surface area contributed by atoms with E-state index in [-0.39, 0.29) is 30.1 Å². The van der Waals surface area contributed by atoms with Gasteiger partial charge in [0.2, 0.25) is 5.91 Å². The fourth-order valence-electron chi connectivity index (χ4n) is 4.15. The van der Waals surface area contributed by atoms with Crippen LogP contribution in [0.2, 0.25) is 0 Å². The topological polar surface area (TPSA) is 63.1 Å². The van der Waals surface area contributed by atoms with E-state index < -0.39 is 0 Å². The van der Waals surface area contributed by atoms with E-state index in [1.807, 2.05) is 34.9 Å². The number of hydrogen-bond acceptors (Lipinski definition) is 2. The summed E-state index contributed by atoms with van der Waals surface area (Å²) in [6.45, 7) is 1.01. The Hall–Kier alpha value is -3.15. The minimum Gasteiger partial charge on any atom is -0.354 e. The monoisotopic (exact) mass is 407 g/mol. The largest absolute Gasteiger partial charge is 0.354 e. The third-order valence-corrected chi connectivity index (χ3v) is 5.77. The molecule has 2 aromatic carbocycles. The van der Waals surface area contributed by atoms with Crippen LogP contribution in [-0.4, -0.2) is 29.5 Å². The van der Waals surface area contributed by atoms with Gasteiger partial charge in [-0.3, -0.25) is 9.59 Å². The van der Waals surface area contributed by atoms with Gasteiger partial charge < -0.3 is 15.2 Å². The average molecular weight is 407 g/mol. The first-order valence-electron chi connectivity index (χ1n) is 10.5. The van der Waals surface area contributed by atoms with E-state index in [0.29, 0.717) is 24.3 Å². The van der Waals surface area contributed by atoms with E-state index in [4.69, 9.17) is 0 Å². The van der Waals surface area contributed by atoms with E-state index in [1.54, 1.807) is 18.2 Å². The molecule has 1 aliphatic rings. The molecule has 1 aliphatic carbocycles. The standard InChI is InChI=1S/C24H26FN3O2/c25-20-11-5-3-10-19(20)16-28-21-12-6-4-9-18(21)15-22(28)24(30)27-14-13-26-23(29)17-7-1-2-8-17/h3-6,9-12,15,17H,1-2,7-8,13-14,16H2,(H,26,29)(H,27,30). The Morgan fingerprint density at radius 1 is 0.967 bits per heavy atom. The van der Waals surface area contributed by atoms with Crippen molar-refractivity contribution in [1.29, 1.82) is 0 Å². The highest BCUT2D eigenvalue weighted by atomic mass is 19.1. The zero-order valence-electron chi connectivity index (χ0n) is 16.9. The van der Waals surface area contributed by atoms with Gasteiger partial charge in [0.05, 0.1) is 6.54 Å². The van der Waals surface area contributed by atoms with Gasteiger partial charge in [-0.15, -0.1) is 0 Å². The smallest absolute Gasteiger partial charge is 0.268 e. The molecule has 2 N–H and O–H groups in total. The van der Waals surface area contributed by atoms with Crippen molar-refractivity contribution in [2.45, 2.75) is 32.2 Å². The van der Waals surface area contributed by atoms with Crippen molar-refractivity contribution in [1.82, 2.24) is 15.2 Å². The molecule has 0 spiro atoms. The van der Waals surface area contributed by atoms with Crippen LogP contribution in [-0.2, 0) is 11.3 Å². The molecular formula is C24H26FN3O2. The fourth-order valence-corrected chi connectivity index (χ4v) is 4.15. The van der Waals surface area contributed by atoms with E-state index >= 15 is 0 Å². The maximum Gasteiger partial charge on any atom is 0.268 e. The Balaban J connectivity index is 1.45. The lowest BCUT2D eigenvalue weighted by molar-refractivity contribution is -0.124.